The summed E-state index contributed by atoms with van der Waals surface area (Å²) in [6, 6.07) is 1.47. The summed E-state index contributed by atoms with van der Waals surface area (Å²) < 4.78 is 15.4. The van der Waals surface area contributed by atoms with Crippen molar-refractivity contribution in [3.8, 4) is 6.07 Å². The normalized spacial score (nSPS) is 32.4. The first kappa shape index (κ1) is 19.5. The van der Waals surface area contributed by atoms with Crippen LogP contribution in [-0.4, -0.2) is 57.1 Å². The SMILES string of the molecule is C=C[C@]1(Cn2ccnn2)CC[C@@H](NCC(=O)N2C[C@@H](F)C[C@H]2C#N)C1(C)C. The van der Waals surface area contributed by atoms with E-state index in [1.165, 1.54) is 4.90 Å². The number of alkyl halides is 1. The lowest BCUT2D eigenvalue weighted by atomic mass is 9.66. The summed E-state index contributed by atoms with van der Waals surface area (Å²) in [6.45, 7) is 9.22. The molecule has 0 radical (unpaired) electrons. The third kappa shape index (κ3) is 3.48. The first-order valence-corrected chi connectivity index (χ1v) is 9.37. The van der Waals surface area contributed by atoms with Crippen LogP contribution in [0.4, 0.5) is 4.39 Å². The van der Waals surface area contributed by atoms with Crippen LogP contribution < -0.4 is 5.32 Å². The van der Waals surface area contributed by atoms with Crippen LogP contribution in [0.1, 0.15) is 33.1 Å². The van der Waals surface area contributed by atoms with E-state index < -0.39 is 12.2 Å². The van der Waals surface area contributed by atoms with Gasteiger partial charge in [-0.3, -0.25) is 9.48 Å². The van der Waals surface area contributed by atoms with E-state index in [4.69, 9.17) is 5.26 Å². The highest BCUT2D eigenvalue weighted by Crippen LogP contribution is 2.54. The number of aromatic nitrogens is 3. The lowest BCUT2D eigenvalue weighted by molar-refractivity contribution is -0.130. The summed E-state index contributed by atoms with van der Waals surface area (Å²) in [5, 5.41) is 20.5. The Morgan fingerprint density at radius 3 is 2.96 bits per heavy atom. The fourth-order valence-electron chi connectivity index (χ4n) is 4.60. The molecule has 1 saturated carbocycles. The molecule has 1 aromatic rings. The largest absolute Gasteiger partial charge is 0.323 e. The van der Waals surface area contributed by atoms with Crippen molar-refractivity contribution in [2.75, 3.05) is 13.1 Å². The zero-order valence-electron chi connectivity index (χ0n) is 15.9. The molecule has 0 bridgehead atoms. The van der Waals surface area contributed by atoms with E-state index >= 15 is 0 Å². The number of carbonyl (C=O) groups excluding carboxylic acids is 1. The molecular formula is C19H27FN6O. The van der Waals surface area contributed by atoms with Crippen LogP contribution in [0.3, 0.4) is 0 Å². The first-order chi connectivity index (χ1) is 12.8. The van der Waals surface area contributed by atoms with Gasteiger partial charge in [0.2, 0.25) is 5.91 Å². The number of halogens is 1. The molecule has 2 fully saturated rings. The Bertz CT molecular complexity index is 727. The van der Waals surface area contributed by atoms with E-state index in [1.54, 1.807) is 6.20 Å². The van der Waals surface area contributed by atoms with Gasteiger partial charge >= 0.3 is 0 Å². The molecule has 27 heavy (non-hydrogen) atoms. The van der Waals surface area contributed by atoms with Gasteiger partial charge in [-0.05, 0) is 18.3 Å². The van der Waals surface area contributed by atoms with Crippen LogP contribution in [0.5, 0.6) is 0 Å². The van der Waals surface area contributed by atoms with Gasteiger partial charge in [-0.1, -0.05) is 25.1 Å². The predicted molar refractivity (Wildman–Crippen MR) is 98.1 cm³/mol. The third-order valence-corrected chi connectivity index (χ3v) is 6.56. The van der Waals surface area contributed by atoms with Crippen molar-refractivity contribution in [2.45, 2.75) is 57.9 Å². The maximum absolute atomic E-state index is 13.6. The monoisotopic (exact) mass is 374 g/mol. The number of rotatable bonds is 6. The van der Waals surface area contributed by atoms with Crippen molar-refractivity contribution in [1.29, 1.82) is 5.26 Å². The van der Waals surface area contributed by atoms with E-state index in [9.17, 15) is 9.18 Å². The van der Waals surface area contributed by atoms with Crippen LogP contribution in [0.25, 0.3) is 0 Å². The summed E-state index contributed by atoms with van der Waals surface area (Å²) in [4.78, 5) is 13.9. The van der Waals surface area contributed by atoms with E-state index in [0.29, 0.717) is 6.54 Å². The van der Waals surface area contributed by atoms with Gasteiger partial charge in [0.1, 0.15) is 12.2 Å². The quantitative estimate of drug-likeness (QED) is 0.766. The van der Waals surface area contributed by atoms with Crippen molar-refractivity contribution < 1.29 is 9.18 Å². The highest BCUT2D eigenvalue weighted by Gasteiger charge is 2.53. The van der Waals surface area contributed by atoms with Crippen molar-refractivity contribution in [3.63, 3.8) is 0 Å². The van der Waals surface area contributed by atoms with E-state index in [1.807, 2.05) is 23.0 Å². The van der Waals surface area contributed by atoms with Gasteiger partial charge in [0.05, 0.1) is 31.9 Å². The summed E-state index contributed by atoms with van der Waals surface area (Å²) in [5.41, 5.74) is -0.336. The number of amides is 1. The van der Waals surface area contributed by atoms with Crippen LogP contribution in [0, 0.1) is 22.2 Å². The second-order valence-electron chi connectivity index (χ2n) is 8.18. The van der Waals surface area contributed by atoms with Gasteiger partial charge < -0.3 is 10.2 Å². The van der Waals surface area contributed by atoms with Gasteiger partial charge in [-0.15, -0.1) is 11.7 Å². The number of likely N-dealkylation sites (tertiary alicyclic amines) is 1. The number of nitrogens with one attached hydrogen (secondary N) is 1. The summed E-state index contributed by atoms with van der Waals surface area (Å²) in [6.07, 6.45) is 6.31. The Morgan fingerprint density at radius 2 is 2.33 bits per heavy atom. The van der Waals surface area contributed by atoms with E-state index in [0.717, 1.165) is 12.8 Å². The number of allylic oxidation sites excluding steroid dienone is 1. The van der Waals surface area contributed by atoms with Gasteiger partial charge in [-0.2, -0.15) is 5.26 Å². The van der Waals surface area contributed by atoms with Crippen molar-refractivity contribution in [3.05, 3.63) is 25.0 Å². The van der Waals surface area contributed by atoms with Crippen molar-refractivity contribution in [2.24, 2.45) is 10.8 Å². The van der Waals surface area contributed by atoms with Crippen LogP contribution in [0.15, 0.2) is 25.0 Å². The van der Waals surface area contributed by atoms with E-state index in [2.05, 4.69) is 36.1 Å². The summed E-state index contributed by atoms with van der Waals surface area (Å²) >= 11 is 0. The molecule has 2 heterocycles. The smallest absolute Gasteiger partial charge is 0.237 e. The molecule has 3 rings (SSSR count). The topological polar surface area (TPSA) is 86.8 Å². The molecule has 1 N–H and O–H groups in total. The van der Waals surface area contributed by atoms with Gasteiger partial charge in [0.25, 0.3) is 0 Å². The standard InChI is InChI=1S/C19H27FN6O/c1-4-19(13-25-8-7-23-24-25)6-5-16(18(19,2)3)22-11-17(27)26-12-14(20)9-15(26)10-21/h4,7-8,14-16,22H,1,5-6,9,11-13H2,2-3H3/t14-,15-,16+,19+/m0/s1. The number of hydrogen-bond donors (Lipinski definition) is 1. The third-order valence-electron chi connectivity index (χ3n) is 6.56. The fourth-order valence-corrected chi connectivity index (χ4v) is 4.60. The number of carbonyl (C=O) groups is 1. The Labute approximate surface area is 159 Å². The minimum Gasteiger partial charge on any atom is -0.323 e. The second-order valence-corrected chi connectivity index (χ2v) is 8.18. The van der Waals surface area contributed by atoms with Crippen molar-refractivity contribution in [1.82, 2.24) is 25.2 Å². The van der Waals surface area contributed by atoms with Crippen LogP contribution in [-0.2, 0) is 11.3 Å². The number of nitrogens with zero attached hydrogens (tertiary/aromatic N) is 5. The Morgan fingerprint density at radius 1 is 1.56 bits per heavy atom. The molecule has 0 aromatic carbocycles. The highest BCUT2D eigenvalue weighted by atomic mass is 19.1. The van der Waals surface area contributed by atoms with Gasteiger partial charge in [0, 0.05) is 24.1 Å². The molecule has 1 saturated heterocycles. The molecule has 1 amide bonds. The second kappa shape index (κ2) is 7.39. The molecule has 1 aliphatic carbocycles. The summed E-state index contributed by atoms with van der Waals surface area (Å²) in [7, 11) is 0. The average Bonchev–Trinajstić information content (AvgIpc) is 3.33. The van der Waals surface area contributed by atoms with Crippen LogP contribution >= 0.6 is 0 Å². The van der Waals surface area contributed by atoms with Crippen molar-refractivity contribution >= 4 is 5.91 Å². The zero-order chi connectivity index (χ0) is 19.7. The lowest BCUT2D eigenvalue weighted by Gasteiger charge is -2.42. The average molecular weight is 374 g/mol. The molecule has 1 aromatic heterocycles. The molecule has 0 unspecified atom stereocenters. The molecule has 8 heteroatoms. The van der Waals surface area contributed by atoms with E-state index in [-0.39, 0.29) is 42.3 Å². The summed E-state index contributed by atoms with van der Waals surface area (Å²) in [5.74, 6) is -0.218. The highest BCUT2D eigenvalue weighted by molar-refractivity contribution is 5.79. The molecule has 0 spiro atoms. The minimum atomic E-state index is -1.11. The fraction of sp³-hybridized carbons (Fsp3) is 0.684. The number of hydrogen-bond acceptors (Lipinski definition) is 5. The molecule has 7 nitrogen and oxygen atoms in total. The molecular weight excluding hydrogens is 347 g/mol. The van der Waals surface area contributed by atoms with Crippen LogP contribution in [0.2, 0.25) is 0 Å². The Kier molecular flexibility index (Phi) is 5.33. The minimum absolute atomic E-state index is 0.00962. The Hall–Kier alpha value is -2.27. The zero-order valence-corrected chi connectivity index (χ0v) is 15.9. The lowest BCUT2D eigenvalue weighted by Crippen LogP contribution is -2.50. The molecule has 2 aliphatic rings. The Balaban J connectivity index is 1.65. The maximum atomic E-state index is 13.6. The maximum Gasteiger partial charge on any atom is 0.237 e. The van der Waals surface area contributed by atoms with Gasteiger partial charge in [-0.25, -0.2) is 4.39 Å². The molecule has 1 aliphatic heterocycles. The number of nitriles is 1. The first-order valence-electron chi connectivity index (χ1n) is 9.37. The predicted octanol–water partition coefficient (Wildman–Crippen LogP) is 1.69. The molecule has 4 atom stereocenters. The van der Waals surface area contributed by atoms with Gasteiger partial charge in [0.15, 0.2) is 0 Å². The molecule has 146 valence electrons.